The van der Waals surface area contributed by atoms with Gasteiger partial charge in [-0.15, -0.1) is 5.10 Å². The number of anilines is 1. The Morgan fingerprint density at radius 1 is 1.04 bits per heavy atom. The molecule has 7 nitrogen and oxygen atoms in total. The van der Waals surface area contributed by atoms with E-state index in [0.29, 0.717) is 20.9 Å². The second-order valence-corrected chi connectivity index (χ2v) is 7.33. The number of carbonyl (C=O) groups excluding carboxylic acids is 1. The summed E-state index contributed by atoms with van der Waals surface area (Å²) in [5.74, 6) is 0.992. The minimum atomic E-state index is -0.333. The molecular weight excluding hydrogens is 376 g/mol. The lowest BCUT2D eigenvalue weighted by molar-refractivity contribution is -0.112. The van der Waals surface area contributed by atoms with Crippen LogP contribution in [-0.4, -0.2) is 34.7 Å². The number of thiazole rings is 1. The Labute approximate surface area is 163 Å². The number of ether oxygens (including phenoxy) is 1. The van der Waals surface area contributed by atoms with Crippen molar-refractivity contribution in [3.63, 3.8) is 0 Å². The number of carbonyl (C=O) groups is 1. The topological polar surface area (TPSA) is 76.8 Å². The molecule has 1 aliphatic heterocycles. The van der Waals surface area contributed by atoms with Crippen molar-refractivity contribution in [1.29, 1.82) is 0 Å². The lowest BCUT2D eigenvalue weighted by Crippen LogP contribution is -2.30. The average molecular weight is 390 g/mol. The van der Waals surface area contributed by atoms with Crippen LogP contribution < -0.4 is 19.7 Å². The third kappa shape index (κ3) is 2.28. The lowest BCUT2D eigenvalue weighted by Gasteiger charge is -2.07. The van der Waals surface area contributed by atoms with Crippen molar-refractivity contribution in [2.75, 3.05) is 19.1 Å². The molecule has 4 aromatic rings. The Kier molecular flexibility index (Phi) is 3.56. The first-order chi connectivity index (χ1) is 13.6. The fraction of sp³-hybridized carbons (Fsp3) is 0.100. The van der Waals surface area contributed by atoms with Crippen LogP contribution in [0.4, 0.5) is 5.69 Å². The smallest absolute Gasteiger partial charge is 0.291 e. The zero-order valence-electron chi connectivity index (χ0n) is 15.0. The van der Waals surface area contributed by atoms with Crippen LogP contribution in [0.2, 0.25) is 0 Å². The minimum Gasteiger partial charge on any atom is -0.497 e. The first kappa shape index (κ1) is 16.6. The van der Waals surface area contributed by atoms with Gasteiger partial charge in [0, 0.05) is 18.2 Å². The SMILES string of the molecule is COc1ccc(-c2nc3s/c(=C4/C(=O)N(C)c5ccccc54)c(=O)n3n2)cc1. The molecule has 8 heteroatoms. The van der Waals surface area contributed by atoms with Gasteiger partial charge in [0.15, 0.2) is 5.82 Å². The summed E-state index contributed by atoms with van der Waals surface area (Å²) in [6, 6.07) is 14.7. The van der Waals surface area contributed by atoms with Gasteiger partial charge in [0.2, 0.25) is 4.96 Å². The zero-order valence-corrected chi connectivity index (χ0v) is 15.9. The molecule has 0 N–H and O–H groups in total. The normalized spacial score (nSPS) is 15.4. The van der Waals surface area contributed by atoms with Gasteiger partial charge in [-0.3, -0.25) is 9.59 Å². The lowest BCUT2D eigenvalue weighted by atomic mass is 10.1. The predicted octanol–water partition coefficient (Wildman–Crippen LogP) is 1.72. The van der Waals surface area contributed by atoms with Crippen LogP contribution in [-0.2, 0) is 4.79 Å². The molecule has 0 fully saturated rings. The standard InChI is InChI=1S/C20H14N4O3S/c1-23-14-6-4-3-5-13(14)15(18(23)25)16-19(26)24-20(28-16)21-17(22-24)11-7-9-12(27-2)10-8-11/h3-10H,1-2H3/b16-15+. The van der Waals surface area contributed by atoms with Crippen molar-refractivity contribution in [1.82, 2.24) is 14.6 Å². The molecular formula is C20H14N4O3S. The van der Waals surface area contributed by atoms with Gasteiger partial charge in [-0.25, -0.2) is 0 Å². The van der Waals surface area contributed by atoms with Gasteiger partial charge in [0.25, 0.3) is 11.5 Å². The van der Waals surface area contributed by atoms with Crippen molar-refractivity contribution in [2.24, 2.45) is 0 Å². The summed E-state index contributed by atoms with van der Waals surface area (Å²) < 4.78 is 6.78. The highest BCUT2D eigenvalue weighted by atomic mass is 32.1. The summed E-state index contributed by atoms with van der Waals surface area (Å²) in [6.45, 7) is 0. The molecule has 2 aromatic heterocycles. The maximum atomic E-state index is 13.0. The molecule has 0 saturated carbocycles. The molecule has 1 amide bonds. The van der Waals surface area contributed by atoms with E-state index in [-0.39, 0.29) is 11.5 Å². The monoisotopic (exact) mass is 390 g/mol. The Bertz CT molecular complexity index is 1350. The van der Waals surface area contributed by atoms with E-state index in [1.165, 1.54) is 15.9 Å². The van der Waals surface area contributed by atoms with Gasteiger partial charge < -0.3 is 9.64 Å². The van der Waals surface area contributed by atoms with Gasteiger partial charge >= 0.3 is 0 Å². The summed E-state index contributed by atoms with van der Waals surface area (Å²) in [7, 11) is 3.31. The molecule has 5 rings (SSSR count). The summed E-state index contributed by atoms with van der Waals surface area (Å²) >= 11 is 1.18. The second-order valence-electron chi connectivity index (χ2n) is 6.35. The number of nitrogens with zero attached hydrogens (tertiary/aromatic N) is 4. The third-order valence-electron chi connectivity index (χ3n) is 4.79. The van der Waals surface area contributed by atoms with E-state index < -0.39 is 0 Å². The van der Waals surface area contributed by atoms with Crippen LogP contribution in [0.3, 0.4) is 0 Å². The quantitative estimate of drug-likeness (QED) is 0.521. The third-order valence-corrected chi connectivity index (χ3v) is 5.82. The number of hydrogen-bond acceptors (Lipinski definition) is 6. The van der Waals surface area contributed by atoms with Gasteiger partial charge in [-0.1, -0.05) is 29.5 Å². The van der Waals surface area contributed by atoms with E-state index >= 15 is 0 Å². The fourth-order valence-electron chi connectivity index (χ4n) is 3.34. The van der Waals surface area contributed by atoms with Crippen LogP contribution in [0, 0.1) is 0 Å². The number of para-hydroxylation sites is 1. The minimum absolute atomic E-state index is 0.196. The zero-order chi connectivity index (χ0) is 19.4. The van der Waals surface area contributed by atoms with Crippen molar-refractivity contribution >= 4 is 33.5 Å². The molecule has 0 aliphatic carbocycles. The highest BCUT2D eigenvalue weighted by molar-refractivity contribution is 7.15. The van der Waals surface area contributed by atoms with Crippen LogP contribution in [0.15, 0.2) is 53.3 Å². The summed E-state index contributed by atoms with van der Waals surface area (Å²) in [6.07, 6.45) is 0. The van der Waals surface area contributed by atoms with Crippen LogP contribution in [0.5, 0.6) is 5.75 Å². The summed E-state index contributed by atoms with van der Waals surface area (Å²) in [4.78, 5) is 32.2. The van der Waals surface area contributed by atoms with Gasteiger partial charge in [-0.05, 0) is 30.3 Å². The number of hydrogen-bond donors (Lipinski definition) is 0. The maximum Gasteiger partial charge on any atom is 0.291 e. The van der Waals surface area contributed by atoms with E-state index in [9.17, 15) is 9.59 Å². The number of rotatable bonds is 2. The van der Waals surface area contributed by atoms with Gasteiger partial charge in [0.05, 0.1) is 18.4 Å². The largest absolute Gasteiger partial charge is 0.497 e. The highest BCUT2D eigenvalue weighted by Crippen LogP contribution is 2.33. The molecule has 28 heavy (non-hydrogen) atoms. The second kappa shape index (κ2) is 6.00. The molecule has 2 aromatic carbocycles. The first-order valence-corrected chi connectivity index (χ1v) is 9.36. The van der Waals surface area contributed by atoms with Crippen molar-refractivity contribution in [3.05, 3.63) is 69.0 Å². The van der Waals surface area contributed by atoms with E-state index in [0.717, 1.165) is 22.6 Å². The molecule has 0 radical (unpaired) electrons. The Balaban J connectivity index is 1.70. The first-order valence-electron chi connectivity index (χ1n) is 8.54. The molecule has 0 atom stereocenters. The molecule has 0 spiro atoms. The summed E-state index contributed by atoms with van der Waals surface area (Å²) in [5.41, 5.74) is 2.41. The Morgan fingerprint density at radius 3 is 2.50 bits per heavy atom. The molecule has 0 saturated heterocycles. The average Bonchev–Trinajstić information content (AvgIpc) is 3.35. The molecule has 138 valence electrons. The van der Waals surface area contributed by atoms with E-state index in [1.807, 2.05) is 48.5 Å². The molecule has 0 unspecified atom stereocenters. The highest BCUT2D eigenvalue weighted by Gasteiger charge is 2.31. The van der Waals surface area contributed by atoms with Gasteiger partial charge in [0.1, 0.15) is 10.3 Å². The van der Waals surface area contributed by atoms with E-state index in [4.69, 9.17) is 4.74 Å². The van der Waals surface area contributed by atoms with E-state index in [2.05, 4.69) is 10.1 Å². The number of aromatic nitrogens is 3. The maximum absolute atomic E-state index is 13.0. The van der Waals surface area contributed by atoms with Crippen LogP contribution >= 0.6 is 11.3 Å². The number of amides is 1. The number of fused-ring (bicyclic) bond motifs is 2. The van der Waals surface area contributed by atoms with E-state index in [1.54, 1.807) is 19.1 Å². The number of likely N-dealkylation sites (N-methyl/N-ethyl adjacent to an activating group) is 1. The van der Waals surface area contributed by atoms with Crippen molar-refractivity contribution < 1.29 is 9.53 Å². The van der Waals surface area contributed by atoms with Crippen LogP contribution in [0.25, 0.3) is 21.9 Å². The predicted molar refractivity (Wildman–Crippen MR) is 107 cm³/mol. The molecule has 1 aliphatic rings. The van der Waals surface area contributed by atoms with Gasteiger partial charge in [-0.2, -0.15) is 9.50 Å². The molecule has 3 heterocycles. The van der Waals surface area contributed by atoms with Crippen molar-refractivity contribution in [3.8, 4) is 17.1 Å². The van der Waals surface area contributed by atoms with Crippen molar-refractivity contribution in [2.45, 2.75) is 0 Å². The number of methoxy groups -OCH3 is 1. The molecule has 0 bridgehead atoms. The fourth-order valence-corrected chi connectivity index (χ4v) is 4.33. The van der Waals surface area contributed by atoms with Crippen LogP contribution in [0.1, 0.15) is 5.56 Å². The number of benzene rings is 2. The summed E-state index contributed by atoms with van der Waals surface area (Å²) in [5, 5.41) is 4.35. The Morgan fingerprint density at radius 2 is 1.79 bits per heavy atom. The Hall–Kier alpha value is -3.52.